The van der Waals surface area contributed by atoms with Crippen LogP contribution in [0.25, 0.3) is 0 Å². The molecule has 0 bridgehead atoms. The molecule has 1 rings (SSSR count). The van der Waals surface area contributed by atoms with Gasteiger partial charge in [0.1, 0.15) is 12.3 Å². The summed E-state index contributed by atoms with van der Waals surface area (Å²) < 4.78 is 0. The average Bonchev–Trinajstić information content (AvgIpc) is 2.18. The number of ketones is 1. The van der Waals surface area contributed by atoms with E-state index in [0.717, 1.165) is 0 Å². The maximum atomic E-state index is 11.6. The van der Waals surface area contributed by atoms with Gasteiger partial charge in [-0.15, -0.1) is 0 Å². The predicted octanol–water partition coefficient (Wildman–Crippen LogP) is 0.227. The van der Waals surface area contributed by atoms with Gasteiger partial charge in [-0.2, -0.15) is 5.26 Å². The molecule has 0 spiro atoms. The number of Topliss-reactive ketones (excluding diaryl/α,β-unsaturated/α-hetero) is 1. The van der Waals surface area contributed by atoms with Crippen LogP contribution in [0.4, 0.5) is 4.79 Å². The van der Waals surface area contributed by atoms with E-state index >= 15 is 0 Å². The van der Waals surface area contributed by atoms with Crippen molar-refractivity contribution in [3.8, 4) is 6.07 Å². The summed E-state index contributed by atoms with van der Waals surface area (Å²) in [7, 11) is 1.59. The van der Waals surface area contributed by atoms with Gasteiger partial charge in [-0.3, -0.25) is 4.79 Å². The Morgan fingerprint density at radius 1 is 1.57 bits per heavy atom. The molecule has 14 heavy (non-hydrogen) atoms. The second-order valence-corrected chi connectivity index (χ2v) is 3.32. The number of urea groups is 1. The summed E-state index contributed by atoms with van der Waals surface area (Å²) in [4.78, 5) is 25.5. The molecule has 5 nitrogen and oxygen atoms in total. The lowest BCUT2D eigenvalue weighted by molar-refractivity contribution is -0.120. The van der Waals surface area contributed by atoms with Crippen molar-refractivity contribution in [2.24, 2.45) is 0 Å². The van der Waals surface area contributed by atoms with Crippen LogP contribution in [0.15, 0.2) is 0 Å². The summed E-state index contributed by atoms with van der Waals surface area (Å²) in [5.74, 6) is 0.206. The van der Waals surface area contributed by atoms with Crippen LogP contribution in [0, 0.1) is 11.3 Å². The van der Waals surface area contributed by atoms with Crippen molar-refractivity contribution in [3.63, 3.8) is 0 Å². The third kappa shape index (κ3) is 2.46. The lowest BCUT2D eigenvalue weighted by atomic mass is 10.1. The predicted molar refractivity (Wildman–Crippen MR) is 49.5 cm³/mol. The topological polar surface area (TPSA) is 64.4 Å². The third-order valence-electron chi connectivity index (χ3n) is 2.23. The second kappa shape index (κ2) is 4.61. The van der Waals surface area contributed by atoms with Crippen molar-refractivity contribution in [3.05, 3.63) is 0 Å². The number of hydrogen-bond acceptors (Lipinski definition) is 3. The van der Waals surface area contributed by atoms with E-state index in [-0.39, 0.29) is 18.4 Å². The Morgan fingerprint density at radius 2 is 2.14 bits per heavy atom. The molecule has 0 aliphatic carbocycles. The van der Waals surface area contributed by atoms with Gasteiger partial charge in [0.15, 0.2) is 0 Å². The molecule has 0 radical (unpaired) electrons. The highest BCUT2D eigenvalue weighted by Gasteiger charge is 2.22. The van der Waals surface area contributed by atoms with Crippen LogP contribution in [0.5, 0.6) is 0 Å². The molecule has 1 fully saturated rings. The van der Waals surface area contributed by atoms with E-state index in [1.165, 1.54) is 4.90 Å². The lowest BCUT2D eigenvalue weighted by Crippen LogP contribution is -2.45. The van der Waals surface area contributed by atoms with Gasteiger partial charge in [0, 0.05) is 33.0 Å². The molecular weight excluding hydrogens is 182 g/mol. The molecule has 1 saturated heterocycles. The van der Waals surface area contributed by atoms with Gasteiger partial charge >= 0.3 is 6.03 Å². The minimum atomic E-state index is -0.168. The first-order chi connectivity index (χ1) is 6.65. The smallest absolute Gasteiger partial charge is 0.320 e. The second-order valence-electron chi connectivity index (χ2n) is 3.32. The molecule has 0 N–H and O–H groups in total. The van der Waals surface area contributed by atoms with E-state index in [4.69, 9.17) is 5.26 Å². The third-order valence-corrected chi connectivity index (χ3v) is 2.23. The molecular formula is C9H13N3O2. The first-order valence-electron chi connectivity index (χ1n) is 4.54. The van der Waals surface area contributed by atoms with Gasteiger partial charge in [0.05, 0.1) is 6.07 Å². The fraction of sp³-hybridized carbons (Fsp3) is 0.667. The number of likely N-dealkylation sites (tertiary alicyclic amines) is 1. The molecule has 1 aliphatic rings. The highest BCUT2D eigenvalue weighted by molar-refractivity contribution is 5.82. The highest BCUT2D eigenvalue weighted by atomic mass is 16.2. The zero-order chi connectivity index (χ0) is 10.6. The van der Waals surface area contributed by atoms with E-state index in [9.17, 15) is 9.59 Å². The van der Waals surface area contributed by atoms with E-state index in [2.05, 4.69) is 0 Å². The fourth-order valence-electron chi connectivity index (χ4n) is 1.36. The maximum absolute atomic E-state index is 11.6. The van der Waals surface area contributed by atoms with Crippen LogP contribution in [0.1, 0.15) is 12.8 Å². The zero-order valence-electron chi connectivity index (χ0n) is 8.19. The van der Waals surface area contributed by atoms with Crippen molar-refractivity contribution in [2.45, 2.75) is 12.8 Å². The number of piperidine rings is 1. The molecule has 1 heterocycles. The first kappa shape index (κ1) is 10.5. The van der Waals surface area contributed by atoms with E-state index in [1.54, 1.807) is 11.9 Å². The van der Waals surface area contributed by atoms with Gasteiger partial charge in [-0.1, -0.05) is 0 Å². The Morgan fingerprint density at radius 3 is 2.64 bits per heavy atom. The Balaban J connectivity index is 2.45. The van der Waals surface area contributed by atoms with Gasteiger partial charge in [-0.05, 0) is 0 Å². The first-order valence-corrected chi connectivity index (χ1v) is 4.54. The number of carbonyl (C=O) groups excluding carboxylic acids is 2. The van der Waals surface area contributed by atoms with Crippen LogP contribution in [-0.4, -0.2) is 48.3 Å². The highest BCUT2D eigenvalue weighted by Crippen LogP contribution is 2.07. The quantitative estimate of drug-likeness (QED) is 0.562. The lowest BCUT2D eigenvalue weighted by Gasteiger charge is -2.29. The summed E-state index contributed by atoms with van der Waals surface area (Å²) in [5, 5.41) is 8.41. The number of amides is 2. The largest absolute Gasteiger partial charge is 0.324 e. The number of hydrogen-bond donors (Lipinski definition) is 0. The average molecular weight is 195 g/mol. The molecule has 0 atom stereocenters. The van der Waals surface area contributed by atoms with Crippen LogP contribution in [0.2, 0.25) is 0 Å². The Hall–Kier alpha value is -1.57. The minimum Gasteiger partial charge on any atom is -0.324 e. The molecule has 0 saturated carbocycles. The fourth-order valence-corrected chi connectivity index (χ4v) is 1.36. The molecule has 1 aliphatic heterocycles. The van der Waals surface area contributed by atoms with Crippen LogP contribution in [-0.2, 0) is 4.79 Å². The van der Waals surface area contributed by atoms with Gasteiger partial charge in [0.2, 0.25) is 0 Å². The normalized spacial score (nSPS) is 16.3. The standard InChI is InChI=1S/C9H13N3O2/c1-11(7-4-10)9(14)12-5-2-8(13)3-6-12/h2-3,5-7H2,1H3. The zero-order valence-corrected chi connectivity index (χ0v) is 8.19. The van der Waals surface area contributed by atoms with Crippen molar-refractivity contribution < 1.29 is 9.59 Å². The molecule has 76 valence electrons. The Bertz CT molecular complexity index is 272. The van der Waals surface area contributed by atoms with Crippen molar-refractivity contribution in [1.82, 2.24) is 9.80 Å². The van der Waals surface area contributed by atoms with E-state index < -0.39 is 0 Å². The van der Waals surface area contributed by atoms with Gasteiger partial charge < -0.3 is 9.80 Å². The molecule has 0 aromatic rings. The monoisotopic (exact) mass is 195 g/mol. The number of nitriles is 1. The number of carbonyl (C=O) groups is 2. The summed E-state index contributed by atoms with van der Waals surface area (Å²) >= 11 is 0. The van der Waals surface area contributed by atoms with Crippen LogP contribution < -0.4 is 0 Å². The molecule has 0 unspecified atom stereocenters. The van der Waals surface area contributed by atoms with Crippen molar-refractivity contribution in [1.29, 1.82) is 5.26 Å². The van der Waals surface area contributed by atoms with E-state index in [1.807, 2.05) is 6.07 Å². The summed E-state index contributed by atoms with van der Waals surface area (Å²) in [5.41, 5.74) is 0. The number of nitrogens with zero attached hydrogens (tertiary/aromatic N) is 3. The molecule has 0 aromatic carbocycles. The van der Waals surface area contributed by atoms with Crippen LogP contribution in [0.3, 0.4) is 0 Å². The maximum Gasteiger partial charge on any atom is 0.320 e. The van der Waals surface area contributed by atoms with Gasteiger partial charge in [0.25, 0.3) is 0 Å². The summed E-state index contributed by atoms with van der Waals surface area (Å²) in [6.07, 6.45) is 0.873. The minimum absolute atomic E-state index is 0.0866. The summed E-state index contributed by atoms with van der Waals surface area (Å²) in [6.45, 7) is 1.05. The van der Waals surface area contributed by atoms with Crippen molar-refractivity contribution in [2.75, 3.05) is 26.7 Å². The van der Waals surface area contributed by atoms with Crippen molar-refractivity contribution >= 4 is 11.8 Å². The van der Waals surface area contributed by atoms with E-state index in [0.29, 0.717) is 25.9 Å². The summed E-state index contributed by atoms with van der Waals surface area (Å²) in [6, 6.07) is 1.74. The molecule has 2 amide bonds. The Kier molecular flexibility index (Phi) is 3.46. The SMILES string of the molecule is CN(CC#N)C(=O)N1CCC(=O)CC1. The Labute approximate surface area is 82.9 Å². The molecule has 0 aromatic heterocycles. The van der Waals surface area contributed by atoms with Crippen LogP contribution >= 0.6 is 0 Å². The number of rotatable bonds is 1. The van der Waals surface area contributed by atoms with Gasteiger partial charge in [-0.25, -0.2) is 4.79 Å². The molecule has 5 heteroatoms.